The molecule has 3 N–H and O–H groups in total. The molecular weight excluding hydrogens is 549 g/mol. The van der Waals surface area contributed by atoms with E-state index in [-0.39, 0.29) is 30.7 Å². The minimum atomic E-state index is -0.969. The number of benzene rings is 4. The second-order valence-corrected chi connectivity index (χ2v) is 10.3. The number of phenols is 1. The van der Waals surface area contributed by atoms with Crippen molar-refractivity contribution in [2.45, 2.75) is 19.4 Å². The van der Waals surface area contributed by atoms with Crippen molar-refractivity contribution in [2.24, 2.45) is 0 Å². The van der Waals surface area contributed by atoms with E-state index in [1.165, 1.54) is 0 Å². The molecular formula is C31H25Cl2N3O4. The monoisotopic (exact) mass is 573 g/mol. The number of carboxylic acids is 1. The molecule has 5 aromatic rings. The van der Waals surface area contributed by atoms with Crippen LogP contribution in [0.5, 0.6) is 5.75 Å². The predicted octanol–water partition coefficient (Wildman–Crippen LogP) is 7.20. The van der Waals surface area contributed by atoms with E-state index in [0.29, 0.717) is 21.3 Å². The Morgan fingerprint density at radius 1 is 0.875 bits per heavy atom. The molecule has 0 radical (unpaired) electrons. The number of phenolic OH excluding ortho intramolecular Hbond substituents is 1. The van der Waals surface area contributed by atoms with Crippen LogP contribution in [0.4, 0.5) is 0 Å². The van der Waals surface area contributed by atoms with Gasteiger partial charge in [0.1, 0.15) is 5.75 Å². The van der Waals surface area contributed by atoms with Gasteiger partial charge in [0, 0.05) is 33.3 Å². The van der Waals surface area contributed by atoms with Gasteiger partial charge in [0.2, 0.25) is 0 Å². The fourth-order valence-corrected chi connectivity index (χ4v) is 5.11. The summed E-state index contributed by atoms with van der Waals surface area (Å²) < 4.78 is 1.92. The van der Waals surface area contributed by atoms with E-state index in [9.17, 15) is 14.7 Å². The highest BCUT2D eigenvalue weighted by Crippen LogP contribution is 2.34. The fourth-order valence-electron chi connectivity index (χ4n) is 4.58. The molecule has 1 aromatic heterocycles. The van der Waals surface area contributed by atoms with E-state index in [2.05, 4.69) is 5.32 Å². The van der Waals surface area contributed by atoms with Crippen LogP contribution in [-0.4, -0.2) is 38.4 Å². The van der Waals surface area contributed by atoms with Crippen molar-refractivity contribution in [1.29, 1.82) is 0 Å². The molecule has 0 saturated heterocycles. The molecule has 1 amide bonds. The zero-order valence-electron chi connectivity index (χ0n) is 21.4. The van der Waals surface area contributed by atoms with Crippen LogP contribution < -0.4 is 5.32 Å². The maximum absolute atomic E-state index is 12.4. The van der Waals surface area contributed by atoms with Gasteiger partial charge in [0.15, 0.2) is 0 Å². The number of carbonyl (C=O) groups excluding carboxylic acids is 1. The molecule has 9 heteroatoms. The summed E-state index contributed by atoms with van der Waals surface area (Å²) in [6.45, 7) is 2.08. The molecule has 0 bridgehead atoms. The van der Waals surface area contributed by atoms with E-state index < -0.39 is 5.97 Å². The second-order valence-electron chi connectivity index (χ2n) is 9.46. The quantitative estimate of drug-likeness (QED) is 0.182. The van der Waals surface area contributed by atoms with Gasteiger partial charge in [0.05, 0.1) is 23.9 Å². The van der Waals surface area contributed by atoms with E-state index in [1.54, 1.807) is 30.3 Å². The number of aromatic nitrogens is 2. The first-order valence-electron chi connectivity index (χ1n) is 12.6. The number of rotatable bonds is 8. The summed E-state index contributed by atoms with van der Waals surface area (Å²) in [5, 5.41) is 29.1. The average Bonchev–Trinajstić information content (AvgIpc) is 3.37. The maximum Gasteiger partial charge on any atom is 0.305 e. The van der Waals surface area contributed by atoms with E-state index in [4.69, 9.17) is 33.4 Å². The van der Waals surface area contributed by atoms with Crippen molar-refractivity contribution in [3.05, 3.63) is 106 Å². The Morgan fingerprint density at radius 2 is 1.55 bits per heavy atom. The molecule has 40 heavy (non-hydrogen) atoms. The Hall–Kier alpha value is -4.33. The highest BCUT2D eigenvalue weighted by molar-refractivity contribution is 6.35. The van der Waals surface area contributed by atoms with Crippen LogP contribution in [0.25, 0.3) is 33.3 Å². The van der Waals surface area contributed by atoms with Crippen molar-refractivity contribution in [3.8, 4) is 28.3 Å². The van der Waals surface area contributed by atoms with Gasteiger partial charge in [-0.2, -0.15) is 5.10 Å². The van der Waals surface area contributed by atoms with Crippen LogP contribution in [0.15, 0.2) is 84.9 Å². The van der Waals surface area contributed by atoms with Gasteiger partial charge in [-0.05, 0) is 77.9 Å². The van der Waals surface area contributed by atoms with Crippen LogP contribution in [0.1, 0.15) is 35.3 Å². The van der Waals surface area contributed by atoms with Crippen LogP contribution >= 0.6 is 23.2 Å². The molecule has 0 fully saturated rings. The summed E-state index contributed by atoms with van der Waals surface area (Å²) in [4.78, 5) is 23.1. The molecule has 1 heterocycles. The summed E-state index contributed by atoms with van der Waals surface area (Å²) >= 11 is 12.6. The Morgan fingerprint density at radius 3 is 2.25 bits per heavy atom. The van der Waals surface area contributed by atoms with Gasteiger partial charge in [-0.3, -0.25) is 14.3 Å². The SMILES string of the molecule is C[C@@H](c1ccc(C(=O)NCCC(=O)O)cc1)n1nc(-c2cc(Cl)cc(Cl)c2)cc1-c1ccc2cc(O)ccc2c1. The standard InChI is InChI=1S/C31H25Cl2N3O4/c1-18(19-2-4-20(5-3-19)31(40)34-11-10-30(38)39)36-29(17-28(35-36)24-13-25(32)16-26(33)14-24)23-7-6-22-15-27(37)9-8-21(22)12-23/h2-9,12-18,37H,10-11H2,1H3,(H,34,40)(H,38,39)/t18-/m0/s1. The molecule has 7 nitrogen and oxygen atoms in total. The minimum Gasteiger partial charge on any atom is -0.508 e. The van der Waals surface area contributed by atoms with Crippen LogP contribution in [-0.2, 0) is 4.79 Å². The third kappa shape index (κ3) is 5.96. The van der Waals surface area contributed by atoms with Crippen molar-refractivity contribution in [1.82, 2.24) is 15.1 Å². The summed E-state index contributed by atoms with van der Waals surface area (Å²) in [5.41, 5.74) is 4.65. The number of carbonyl (C=O) groups is 2. The zero-order valence-corrected chi connectivity index (χ0v) is 22.9. The summed E-state index contributed by atoms with van der Waals surface area (Å²) in [6, 6.07) is 25.5. The lowest BCUT2D eigenvalue weighted by Crippen LogP contribution is -2.26. The molecule has 202 valence electrons. The second kappa shape index (κ2) is 11.4. The summed E-state index contributed by atoms with van der Waals surface area (Å²) in [7, 11) is 0. The largest absolute Gasteiger partial charge is 0.508 e. The van der Waals surface area contributed by atoms with Crippen molar-refractivity contribution < 1.29 is 19.8 Å². The third-order valence-corrected chi connectivity index (χ3v) is 7.10. The van der Waals surface area contributed by atoms with E-state index in [1.807, 2.05) is 66.2 Å². The zero-order chi connectivity index (χ0) is 28.4. The molecule has 0 saturated carbocycles. The number of amides is 1. The number of hydrogen-bond acceptors (Lipinski definition) is 4. The first-order chi connectivity index (χ1) is 19.2. The minimum absolute atomic E-state index is 0.0602. The van der Waals surface area contributed by atoms with Crippen LogP contribution in [0, 0.1) is 0 Å². The summed E-state index contributed by atoms with van der Waals surface area (Å²) in [6.07, 6.45) is -0.140. The number of nitrogens with zero attached hydrogens (tertiary/aromatic N) is 2. The van der Waals surface area contributed by atoms with Gasteiger partial charge in [-0.25, -0.2) is 0 Å². The lowest BCUT2D eigenvalue weighted by molar-refractivity contribution is -0.136. The van der Waals surface area contributed by atoms with Gasteiger partial charge >= 0.3 is 5.97 Å². The fraction of sp³-hybridized carbons (Fsp3) is 0.129. The highest BCUT2D eigenvalue weighted by Gasteiger charge is 2.19. The Bertz CT molecular complexity index is 1710. The topological polar surface area (TPSA) is 104 Å². The lowest BCUT2D eigenvalue weighted by Gasteiger charge is -2.17. The first-order valence-corrected chi connectivity index (χ1v) is 13.3. The lowest BCUT2D eigenvalue weighted by atomic mass is 10.0. The number of carboxylic acid groups (broad SMARTS) is 1. The molecule has 4 aromatic carbocycles. The van der Waals surface area contributed by atoms with Gasteiger partial charge < -0.3 is 15.5 Å². The van der Waals surface area contributed by atoms with E-state index in [0.717, 1.165) is 33.2 Å². The van der Waals surface area contributed by atoms with Crippen molar-refractivity contribution >= 4 is 45.9 Å². The Balaban J connectivity index is 1.53. The average molecular weight is 574 g/mol. The molecule has 0 aliphatic heterocycles. The summed E-state index contributed by atoms with van der Waals surface area (Å²) in [5.74, 6) is -1.09. The number of hydrogen-bond donors (Lipinski definition) is 3. The molecule has 1 atom stereocenters. The first kappa shape index (κ1) is 27.2. The molecule has 5 rings (SSSR count). The molecule has 0 spiro atoms. The molecule has 0 unspecified atom stereocenters. The maximum atomic E-state index is 12.4. The van der Waals surface area contributed by atoms with Crippen molar-refractivity contribution in [3.63, 3.8) is 0 Å². The van der Waals surface area contributed by atoms with Crippen molar-refractivity contribution in [2.75, 3.05) is 6.54 Å². The van der Waals surface area contributed by atoms with Crippen LogP contribution in [0.3, 0.4) is 0 Å². The van der Waals surface area contributed by atoms with Gasteiger partial charge in [-0.15, -0.1) is 0 Å². The Labute approximate surface area is 240 Å². The Kier molecular flexibility index (Phi) is 7.78. The molecule has 0 aliphatic rings. The van der Waals surface area contributed by atoms with Crippen LogP contribution in [0.2, 0.25) is 10.0 Å². The number of fused-ring (bicyclic) bond motifs is 1. The van der Waals surface area contributed by atoms with Gasteiger partial charge in [0.25, 0.3) is 5.91 Å². The van der Waals surface area contributed by atoms with Gasteiger partial charge in [-0.1, -0.05) is 53.5 Å². The highest BCUT2D eigenvalue weighted by atomic mass is 35.5. The predicted molar refractivity (Wildman–Crippen MR) is 157 cm³/mol. The number of halogens is 2. The smallest absolute Gasteiger partial charge is 0.305 e. The number of nitrogens with one attached hydrogen (secondary N) is 1. The molecule has 0 aliphatic carbocycles. The third-order valence-electron chi connectivity index (χ3n) is 6.66. The number of aliphatic carboxylic acids is 1. The number of aromatic hydroxyl groups is 1. The normalized spacial score (nSPS) is 11.9. The van der Waals surface area contributed by atoms with E-state index >= 15 is 0 Å².